The van der Waals surface area contributed by atoms with Crippen LogP contribution in [0.2, 0.25) is 0 Å². The summed E-state index contributed by atoms with van der Waals surface area (Å²) in [5.41, 5.74) is -7.76. The fraction of sp³-hybridized carbons (Fsp3) is 0.643. The molecule has 4 aliphatic carbocycles. The van der Waals surface area contributed by atoms with Crippen LogP contribution in [0.15, 0.2) is 42.0 Å². The molecule has 0 bridgehead atoms. The number of aliphatic hydroxyl groups is 5. The van der Waals surface area contributed by atoms with E-state index < -0.39 is 63.6 Å². The number of hydrogen-bond donors (Lipinski definition) is 5. The maximum absolute atomic E-state index is 13.2. The number of rotatable bonds is 3. The van der Waals surface area contributed by atoms with E-state index in [4.69, 9.17) is 4.74 Å². The molecule has 1 aromatic rings. The van der Waals surface area contributed by atoms with Crippen LogP contribution < -0.4 is 0 Å². The molecular weight excluding hydrogens is 464 g/mol. The minimum absolute atomic E-state index is 0.0183. The number of ketones is 1. The van der Waals surface area contributed by atoms with Crippen molar-refractivity contribution >= 4 is 11.8 Å². The standard InChI is InChI=1S/C28H36O8/c1-16(29)26(33)11-12-27(34)25(26,3)22(36-23(32)17-7-5-4-6-8-17)15-20-24(2)10-9-19(30)13-18(24)14-21(31)28(20,27)35/h4-8,14,19-22,30-31,33-35H,9-13,15H2,1-3H3/t19-,20+,21+,22+,24-,25+,26?,27+,28?/m0/s1. The topological polar surface area (TPSA) is 145 Å². The predicted molar refractivity (Wildman–Crippen MR) is 129 cm³/mol. The van der Waals surface area contributed by atoms with Gasteiger partial charge in [-0.2, -0.15) is 0 Å². The van der Waals surface area contributed by atoms with Crippen LogP contribution in [-0.4, -0.2) is 72.4 Å². The summed E-state index contributed by atoms with van der Waals surface area (Å²) in [6.45, 7) is 4.65. The number of hydrogen-bond acceptors (Lipinski definition) is 8. The summed E-state index contributed by atoms with van der Waals surface area (Å²) in [5.74, 6) is -2.02. The molecule has 196 valence electrons. The third kappa shape index (κ3) is 2.93. The van der Waals surface area contributed by atoms with Gasteiger partial charge in [-0.25, -0.2) is 4.79 Å². The maximum atomic E-state index is 13.2. The molecule has 0 radical (unpaired) electrons. The average Bonchev–Trinajstić information content (AvgIpc) is 3.07. The van der Waals surface area contributed by atoms with Crippen molar-refractivity contribution in [1.29, 1.82) is 0 Å². The van der Waals surface area contributed by atoms with Gasteiger partial charge in [0.2, 0.25) is 0 Å². The van der Waals surface area contributed by atoms with E-state index in [0.29, 0.717) is 19.3 Å². The number of carbonyl (C=O) groups excluding carboxylic acids is 2. The molecule has 0 heterocycles. The Morgan fingerprint density at radius 2 is 1.67 bits per heavy atom. The molecular formula is C28H36O8. The zero-order valence-corrected chi connectivity index (χ0v) is 21.0. The summed E-state index contributed by atoms with van der Waals surface area (Å²) in [7, 11) is 0. The van der Waals surface area contributed by atoms with Crippen molar-refractivity contribution in [2.45, 2.75) is 94.4 Å². The molecule has 5 N–H and O–H groups in total. The molecule has 8 heteroatoms. The smallest absolute Gasteiger partial charge is 0.338 e. The van der Waals surface area contributed by atoms with Gasteiger partial charge in [0, 0.05) is 5.92 Å². The average molecular weight is 501 g/mol. The lowest BCUT2D eigenvalue weighted by atomic mass is 9.41. The zero-order chi connectivity index (χ0) is 26.3. The highest BCUT2D eigenvalue weighted by Crippen LogP contribution is 2.70. The molecule has 3 fully saturated rings. The van der Waals surface area contributed by atoms with Gasteiger partial charge >= 0.3 is 5.97 Å². The quantitative estimate of drug-likeness (QED) is 0.311. The van der Waals surface area contributed by atoms with Crippen LogP contribution in [-0.2, 0) is 9.53 Å². The Labute approximate surface area is 210 Å². The highest BCUT2D eigenvalue weighted by Gasteiger charge is 2.83. The summed E-state index contributed by atoms with van der Waals surface area (Å²) in [5, 5.41) is 58.1. The van der Waals surface area contributed by atoms with Gasteiger partial charge in [0.05, 0.1) is 17.1 Å². The first-order chi connectivity index (χ1) is 16.8. The van der Waals surface area contributed by atoms with Crippen LogP contribution in [0.25, 0.3) is 0 Å². The molecule has 4 aliphatic rings. The first-order valence-electron chi connectivity index (χ1n) is 12.8. The van der Waals surface area contributed by atoms with E-state index in [1.807, 2.05) is 6.92 Å². The van der Waals surface area contributed by atoms with Crippen LogP contribution in [0.1, 0.15) is 69.7 Å². The number of fused-ring (bicyclic) bond motifs is 5. The first-order valence-corrected chi connectivity index (χ1v) is 12.8. The molecule has 0 aliphatic heterocycles. The molecule has 0 saturated heterocycles. The van der Waals surface area contributed by atoms with Gasteiger partial charge in [0.1, 0.15) is 29.0 Å². The largest absolute Gasteiger partial charge is 0.458 e. The van der Waals surface area contributed by atoms with Crippen molar-refractivity contribution < 1.29 is 39.9 Å². The normalized spacial score (nSPS) is 47.7. The lowest BCUT2D eigenvalue weighted by Gasteiger charge is -2.67. The molecule has 0 aromatic heterocycles. The lowest BCUT2D eigenvalue weighted by Crippen LogP contribution is -2.81. The van der Waals surface area contributed by atoms with E-state index in [2.05, 4.69) is 0 Å². The van der Waals surface area contributed by atoms with Gasteiger partial charge in [-0.3, -0.25) is 4.79 Å². The van der Waals surface area contributed by atoms with Crippen molar-refractivity contribution in [2.75, 3.05) is 0 Å². The van der Waals surface area contributed by atoms with Crippen molar-refractivity contribution in [2.24, 2.45) is 16.7 Å². The Morgan fingerprint density at radius 1 is 1.00 bits per heavy atom. The summed E-state index contributed by atoms with van der Waals surface area (Å²) < 4.78 is 6.01. The number of Topliss-reactive ketones (excluding diaryl/α,β-unsaturated/α-hetero) is 1. The van der Waals surface area contributed by atoms with Gasteiger partial charge in [0.15, 0.2) is 5.78 Å². The van der Waals surface area contributed by atoms with Gasteiger partial charge < -0.3 is 30.3 Å². The minimum Gasteiger partial charge on any atom is -0.458 e. The summed E-state index contributed by atoms with van der Waals surface area (Å²) >= 11 is 0. The second-order valence-corrected chi connectivity index (χ2v) is 11.8. The van der Waals surface area contributed by atoms with Gasteiger partial charge in [0.25, 0.3) is 0 Å². The van der Waals surface area contributed by atoms with E-state index in [-0.39, 0.29) is 24.8 Å². The number of benzene rings is 1. The molecule has 5 rings (SSSR count). The summed E-state index contributed by atoms with van der Waals surface area (Å²) in [6.07, 6.45) is -0.646. The number of aliphatic hydroxyl groups excluding tert-OH is 2. The van der Waals surface area contributed by atoms with Crippen molar-refractivity contribution in [3.8, 4) is 0 Å². The molecule has 0 amide bonds. The number of carbonyl (C=O) groups is 2. The third-order valence-corrected chi connectivity index (χ3v) is 10.5. The second kappa shape index (κ2) is 7.95. The highest BCUT2D eigenvalue weighted by molar-refractivity contribution is 5.90. The van der Waals surface area contributed by atoms with Crippen molar-refractivity contribution in [3.63, 3.8) is 0 Å². The van der Waals surface area contributed by atoms with E-state index in [1.165, 1.54) is 19.9 Å². The Balaban J connectivity index is 1.68. The SMILES string of the molecule is CC(=O)C1(O)CC[C@]2(O)C3(O)[C@H](O)C=C4C[C@@H](O)CC[C@]4(C)[C@H]3C[C@@H](OC(=O)c3ccccc3)[C@]12C. The Bertz CT molecular complexity index is 1120. The van der Waals surface area contributed by atoms with Gasteiger partial charge in [-0.1, -0.05) is 36.8 Å². The van der Waals surface area contributed by atoms with Gasteiger partial charge in [-0.05, 0) is 69.9 Å². The van der Waals surface area contributed by atoms with E-state index in [1.54, 1.807) is 30.3 Å². The Kier molecular flexibility index (Phi) is 5.64. The summed E-state index contributed by atoms with van der Waals surface area (Å²) in [4.78, 5) is 26.1. The Morgan fingerprint density at radius 3 is 2.31 bits per heavy atom. The fourth-order valence-electron chi connectivity index (χ4n) is 8.16. The molecule has 2 unspecified atom stereocenters. The zero-order valence-electron chi connectivity index (χ0n) is 21.0. The van der Waals surface area contributed by atoms with Crippen LogP contribution in [0, 0.1) is 16.7 Å². The first kappa shape index (κ1) is 25.5. The van der Waals surface area contributed by atoms with Crippen LogP contribution in [0.4, 0.5) is 0 Å². The molecule has 36 heavy (non-hydrogen) atoms. The third-order valence-electron chi connectivity index (χ3n) is 10.5. The molecule has 9 atom stereocenters. The second-order valence-electron chi connectivity index (χ2n) is 11.8. The fourth-order valence-corrected chi connectivity index (χ4v) is 8.16. The maximum Gasteiger partial charge on any atom is 0.338 e. The van der Waals surface area contributed by atoms with Crippen molar-refractivity contribution in [1.82, 2.24) is 0 Å². The predicted octanol–water partition coefficient (Wildman–Crippen LogP) is 1.67. The van der Waals surface area contributed by atoms with Crippen LogP contribution in [0.3, 0.4) is 0 Å². The molecule has 0 spiro atoms. The molecule has 3 saturated carbocycles. The summed E-state index contributed by atoms with van der Waals surface area (Å²) in [6, 6.07) is 8.34. The number of ether oxygens (including phenoxy) is 1. The molecule has 8 nitrogen and oxygen atoms in total. The monoisotopic (exact) mass is 500 g/mol. The van der Waals surface area contributed by atoms with Crippen molar-refractivity contribution in [3.05, 3.63) is 47.5 Å². The van der Waals surface area contributed by atoms with Crippen LogP contribution >= 0.6 is 0 Å². The van der Waals surface area contributed by atoms with Crippen LogP contribution in [0.5, 0.6) is 0 Å². The van der Waals surface area contributed by atoms with E-state index in [9.17, 15) is 35.1 Å². The van der Waals surface area contributed by atoms with E-state index in [0.717, 1.165) is 5.57 Å². The molecule has 1 aromatic carbocycles. The lowest BCUT2D eigenvalue weighted by molar-refractivity contribution is -0.331. The highest BCUT2D eigenvalue weighted by atomic mass is 16.5. The van der Waals surface area contributed by atoms with Gasteiger partial charge in [-0.15, -0.1) is 0 Å². The van der Waals surface area contributed by atoms with E-state index >= 15 is 0 Å². The number of esters is 1. The minimum atomic E-state index is -2.15. The Hall–Kier alpha value is -2.10.